The Hall–Kier alpha value is -0.860. The fourth-order valence-electron chi connectivity index (χ4n) is 2.20. The van der Waals surface area contributed by atoms with Crippen LogP contribution in [0.4, 0.5) is 0 Å². The van der Waals surface area contributed by atoms with Crippen LogP contribution in [0.15, 0.2) is 24.3 Å². The molecule has 3 N–H and O–H groups in total. The largest absolute Gasteiger partial charge is 0.326 e. The molecule has 1 aliphatic rings. The van der Waals surface area contributed by atoms with Crippen LogP contribution in [0.25, 0.3) is 0 Å². The highest BCUT2D eigenvalue weighted by molar-refractivity contribution is 5.21. The third-order valence-electron chi connectivity index (χ3n) is 3.26. The van der Waals surface area contributed by atoms with E-state index in [1.54, 1.807) is 0 Å². The van der Waals surface area contributed by atoms with Gasteiger partial charge in [-0.1, -0.05) is 36.2 Å². The Kier molecular flexibility index (Phi) is 3.39. The lowest BCUT2D eigenvalue weighted by Gasteiger charge is -2.17. The molecule has 0 bridgehead atoms. The molecule has 0 heterocycles. The van der Waals surface area contributed by atoms with E-state index in [4.69, 9.17) is 5.73 Å². The van der Waals surface area contributed by atoms with E-state index in [0.717, 1.165) is 6.54 Å². The molecule has 1 aromatic carbocycles. The molecule has 0 amide bonds. The van der Waals surface area contributed by atoms with Gasteiger partial charge in [0, 0.05) is 18.6 Å². The van der Waals surface area contributed by atoms with Gasteiger partial charge in [0.05, 0.1) is 0 Å². The highest BCUT2D eigenvalue weighted by Crippen LogP contribution is 2.17. The maximum absolute atomic E-state index is 6.00. The van der Waals surface area contributed by atoms with Crippen LogP contribution in [0.2, 0.25) is 0 Å². The molecule has 2 unspecified atom stereocenters. The Balaban J connectivity index is 1.85. The molecule has 1 aliphatic carbocycles. The highest BCUT2D eigenvalue weighted by Gasteiger charge is 2.22. The van der Waals surface area contributed by atoms with Crippen molar-refractivity contribution in [2.45, 2.75) is 44.8 Å². The Morgan fingerprint density at radius 1 is 1.27 bits per heavy atom. The van der Waals surface area contributed by atoms with Crippen molar-refractivity contribution in [2.24, 2.45) is 5.73 Å². The van der Waals surface area contributed by atoms with Crippen molar-refractivity contribution in [3.63, 3.8) is 0 Å². The summed E-state index contributed by atoms with van der Waals surface area (Å²) in [5.74, 6) is 0. The molecule has 2 rings (SSSR count). The number of nitrogens with two attached hydrogens (primary N) is 1. The van der Waals surface area contributed by atoms with Gasteiger partial charge >= 0.3 is 0 Å². The van der Waals surface area contributed by atoms with Gasteiger partial charge in [0.2, 0.25) is 0 Å². The Morgan fingerprint density at radius 2 is 2.00 bits per heavy atom. The normalized spacial score (nSPS) is 25.7. The molecule has 0 aliphatic heterocycles. The molecule has 0 aromatic heterocycles. The lowest BCUT2D eigenvalue weighted by atomic mass is 10.1. The Labute approximate surface area is 91.9 Å². The number of rotatable bonds is 3. The molecule has 0 saturated heterocycles. The summed E-state index contributed by atoms with van der Waals surface area (Å²) in [5, 5.41) is 3.54. The van der Waals surface area contributed by atoms with Gasteiger partial charge in [-0.25, -0.2) is 0 Å². The minimum atomic E-state index is 0.357. The van der Waals surface area contributed by atoms with Crippen LogP contribution in [0.5, 0.6) is 0 Å². The van der Waals surface area contributed by atoms with Crippen molar-refractivity contribution in [3.05, 3.63) is 35.4 Å². The van der Waals surface area contributed by atoms with Crippen LogP contribution in [0.1, 0.15) is 30.4 Å². The second-order valence-electron chi connectivity index (χ2n) is 4.57. The number of nitrogens with one attached hydrogen (secondary N) is 1. The van der Waals surface area contributed by atoms with Gasteiger partial charge in [-0.05, 0) is 25.3 Å². The quantitative estimate of drug-likeness (QED) is 0.790. The number of hydrogen-bond acceptors (Lipinski definition) is 2. The maximum atomic E-state index is 6.00. The van der Waals surface area contributed by atoms with E-state index in [-0.39, 0.29) is 0 Å². The molecule has 0 radical (unpaired) electrons. The van der Waals surface area contributed by atoms with Crippen LogP contribution < -0.4 is 11.1 Å². The Bertz CT molecular complexity index is 305. The van der Waals surface area contributed by atoms with E-state index in [9.17, 15) is 0 Å². The maximum Gasteiger partial charge on any atom is 0.0222 e. The minimum absolute atomic E-state index is 0.357. The molecule has 15 heavy (non-hydrogen) atoms. The van der Waals surface area contributed by atoms with Crippen molar-refractivity contribution in [3.8, 4) is 0 Å². The van der Waals surface area contributed by atoms with E-state index >= 15 is 0 Å². The Morgan fingerprint density at radius 3 is 2.60 bits per heavy atom. The third-order valence-corrected chi connectivity index (χ3v) is 3.26. The fourth-order valence-corrected chi connectivity index (χ4v) is 2.20. The SMILES string of the molecule is Cc1ccc(CNC2CCCC2N)cc1. The summed E-state index contributed by atoms with van der Waals surface area (Å²) >= 11 is 0. The molecule has 2 heteroatoms. The van der Waals surface area contributed by atoms with Gasteiger partial charge in [0.25, 0.3) is 0 Å². The summed E-state index contributed by atoms with van der Waals surface area (Å²) < 4.78 is 0. The summed E-state index contributed by atoms with van der Waals surface area (Å²) in [5.41, 5.74) is 8.67. The number of benzene rings is 1. The van der Waals surface area contributed by atoms with Crippen molar-refractivity contribution >= 4 is 0 Å². The predicted molar refractivity (Wildman–Crippen MR) is 63.6 cm³/mol. The van der Waals surface area contributed by atoms with Gasteiger partial charge in [-0.2, -0.15) is 0 Å². The first-order chi connectivity index (χ1) is 7.25. The molecule has 2 nitrogen and oxygen atoms in total. The summed E-state index contributed by atoms with van der Waals surface area (Å²) in [6.07, 6.45) is 3.67. The molecule has 1 saturated carbocycles. The second-order valence-corrected chi connectivity index (χ2v) is 4.57. The monoisotopic (exact) mass is 204 g/mol. The molecule has 0 spiro atoms. The molecule has 82 valence electrons. The number of aryl methyl sites for hydroxylation is 1. The van der Waals surface area contributed by atoms with Crippen molar-refractivity contribution in [1.82, 2.24) is 5.32 Å². The minimum Gasteiger partial charge on any atom is -0.326 e. The first kappa shape index (κ1) is 10.7. The summed E-state index contributed by atoms with van der Waals surface area (Å²) in [6, 6.07) is 9.56. The van der Waals surface area contributed by atoms with Gasteiger partial charge < -0.3 is 11.1 Å². The molecular weight excluding hydrogens is 184 g/mol. The van der Waals surface area contributed by atoms with Crippen LogP contribution in [-0.2, 0) is 6.54 Å². The van der Waals surface area contributed by atoms with Gasteiger partial charge in [-0.3, -0.25) is 0 Å². The lowest BCUT2D eigenvalue weighted by molar-refractivity contribution is 0.475. The van der Waals surface area contributed by atoms with Crippen molar-refractivity contribution in [2.75, 3.05) is 0 Å². The second kappa shape index (κ2) is 4.77. The zero-order valence-corrected chi connectivity index (χ0v) is 9.37. The van der Waals surface area contributed by atoms with Gasteiger partial charge in [-0.15, -0.1) is 0 Å². The van der Waals surface area contributed by atoms with Crippen LogP contribution in [0, 0.1) is 6.92 Å². The third kappa shape index (κ3) is 2.80. The summed E-state index contributed by atoms with van der Waals surface area (Å²) in [6.45, 7) is 3.06. The standard InChI is InChI=1S/C13H20N2/c1-10-5-7-11(8-6-10)9-15-13-4-2-3-12(13)14/h5-8,12-13,15H,2-4,9,14H2,1H3. The smallest absolute Gasteiger partial charge is 0.0222 e. The van der Waals surface area contributed by atoms with Crippen molar-refractivity contribution in [1.29, 1.82) is 0 Å². The van der Waals surface area contributed by atoms with E-state index in [1.165, 1.54) is 30.4 Å². The fraction of sp³-hybridized carbons (Fsp3) is 0.538. The van der Waals surface area contributed by atoms with E-state index in [2.05, 4.69) is 36.5 Å². The average Bonchev–Trinajstić information content (AvgIpc) is 2.63. The van der Waals surface area contributed by atoms with Gasteiger partial charge in [0.15, 0.2) is 0 Å². The molecule has 1 aromatic rings. The first-order valence-electron chi connectivity index (χ1n) is 5.80. The molecule has 1 fully saturated rings. The summed E-state index contributed by atoms with van der Waals surface area (Å²) in [4.78, 5) is 0. The number of hydrogen-bond donors (Lipinski definition) is 2. The van der Waals surface area contributed by atoms with Crippen LogP contribution >= 0.6 is 0 Å². The zero-order valence-electron chi connectivity index (χ0n) is 9.37. The van der Waals surface area contributed by atoms with Crippen LogP contribution in [0.3, 0.4) is 0 Å². The van der Waals surface area contributed by atoms with E-state index < -0.39 is 0 Å². The predicted octanol–water partition coefficient (Wildman–Crippen LogP) is 1.96. The van der Waals surface area contributed by atoms with Gasteiger partial charge in [0.1, 0.15) is 0 Å². The first-order valence-corrected chi connectivity index (χ1v) is 5.80. The van der Waals surface area contributed by atoms with E-state index in [0.29, 0.717) is 12.1 Å². The van der Waals surface area contributed by atoms with Crippen molar-refractivity contribution < 1.29 is 0 Å². The molecule has 2 atom stereocenters. The van der Waals surface area contributed by atoms with E-state index in [1.807, 2.05) is 0 Å². The average molecular weight is 204 g/mol. The zero-order chi connectivity index (χ0) is 10.7. The lowest BCUT2D eigenvalue weighted by Crippen LogP contribution is -2.40. The topological polar surface area (TPSA) is 38.0 Å². The summed E-state index contributed by atoms with van der Waals surface area (Å²) in [7, 11) is 0. The highest BCUT2D eigenvalue weighted by atomic mass is 15.0. The van der Waals surface area contributed by atoms with Crippen LogP contribution in [-0.4, -0.2) is 12.1 Å². The molecular formula is C13H20N2.